The highest BCUT2D eigenvalue weighted by Gasteiger charge is 2.05. The van der Waals surface area contributed by atoms with Gasteiger partial charge in [0.25, 0.3) is 0 Å². The summed E-state index contributed by atoms with van der Waals surface area (Å²) in [5, 5.41) is 8.57. The van der Waals surface area contributed by atoms with E-state index in [-0.39, 0.29) is 6.42 Å². The minimum absolute atomic E-state index is 0.212. The van der Waals surface area contributed by atoms with Crippen LogP contribution in [0.4, 0.5) is 0 Å². The van der Waals surface area contributed by atoms with Gasteiger partial charge in [0.2, 0.25) is 0 Å². The van der Waals surface area contributed by atoms with Crippen molar-refractivity contribution < 1.29 is 28.9 Å². The number of benzene rings is 1. The first-order valence-electron chi connectivity index (χ1n) is 7.85. The molecule has 0 bridgehead atoms. The highest BCUT2D eigenvalue weighted by atomic mass is 16.5. The lowest BCUT2D eigenvalue weighted by molar-refractivity contribution is -0.137. The Kier molecular flexibility index (Phi) is 9.04. The first-order valence-corrected chi connectivity index (χ1v) is 7.85. The molecule has 0 amide bonds. The van der Waals surface area contributed by atoms with E-state index in [0.717, 1.165) is 24.8 Å². The minimum atomic E-state index is -0.757. The molecule has 0 fully saturated rings. The molecule has 132 valence electrons. The zero-order chi connectivity index (χ0) is 17.8. The summed E-state index contributed by atoms with van der Waals surface area (Å²) in [5.74, 6) is 0.0496. The van der Waals surface area contributed by atoms with Crippen molar-refractivity contribution in [2.24, 2.45) is 0 Å². The van der Waals surface area contributed by atoms with Crippen molar-refractivity contribution in [3.63, 3.8) is 0 Å². The molecule has 1 aromatic rings. The van der Waals surface area contributed by atoms with Crippen LogP contribution in [0, 0.1) is 0 Å². The van der Waals surface area contributed by atoms with Gasteiger partial charge in [0, 0.05) is 12.5 Å². The predicted molar refractivity (Wildman–Crippen MR) is 90.3 cm³/mol. The SMILES string of the molecule is COC(=O)/C=C/c1ccc(OC)c(OCCCCCCC(=O)O)c1. The number of ether oxygens (including phenoxy) is 3. The number of methoxy groups -OCH3 is 2. The predicted octanol–water partition coefficient (Wildman–Crippen LogP) is 3.30. The zero-order valence-corrected chi connectivity index (χ0v) is 14.1. The molecule has 0 unspecified atom stereocenters. The van der Waals surface area contributed by atoms with Gasteiger partial charge in [-0.05, 0) is 36.6 Å². The average molecular weight is 336 g/mol. The Balaban J connectivity index is 2.48. The van der Waals surface area contributed by atoms with Crippen LogP contribution in [0.5, 0.6) is 11.5 Å². The quantitative estimate of drug-likeness (QED) is 0.379. The summed E-state index contributed by atoms with van der Waals surface area (Å²) in [6.45, 7) is 0.521. The van der Waals surface area contributed by atoms with E-state index in [4.69, 9.17) is 14.6 Å². The molecule has 0 saturated heterocycles. The number of aliphatic carboxylic acids is 1. The summed E-state index contributed by atoms with van der Waals surface area (Å²) >= 11 is 0. The topological polar surface area (TPSA) is 82.1 Å². The standard InChI is InChI=1S/C18H24O6/c1-22-15-10-8-14(9-11-18(21)23-2)13-16(15)24-12-6-4-3-5-7-17(19)20/h8-11,13H,3-7,12H2,1-2H3,(H,19,20)/b11-9+. The number of hydrogen-bond acceptors (Lipinski definition) is 5. The van der Waals surface area contributed by atoms with Gasteiger partial charge in [-0.3, -0.25) is 4.79 Å². The number of rotatable bonds is 11. The first-order chi connectivity index (χ1) is 11.6. The number of carbonyl (C=O) groups is 2. The van der Waals surface area contributed by atoms with E-state index in [2.05, 4.69) is 4.74 Å². The van der Waals surface area contributed by atoms with Crippen molar-refractivity contribution in [3.8, 4) is 11.5 Å². The molecule has 0 aliphatic rings. The summed E-state index contributed by atoms with van der Waals surface area (Å²) in [5.41, 5.74) is 0.803. The van der Waals surface area contributed by atoms with Crippen molar-refractivity contribution in [3.05, 3.63) is 29.8 Å². The molecule has 0 heterocycles. The molecule has 6 heteroatoms. The largest absolute Gasteiger partial charge is 0.493 e. The summed E-state index contributed by atoms with van der Waals surface area (Å²) < 4.78 is 15.6. The average Bonchev–Trinajstić information content (AvgIpc) is 2.58. The molecule has 0 aliphatic carbocycles. The van der Waals surface area contributed by atoms with Crippen LogP contribution in [0.1, 0.15) is 37.7 Å². The highest BCUT2D eigenvalue weighted by molar-refractivity contribution is 5.87. The second-order valence-electron chi connectivity index (χ2n) is 5.17. The molecule has 0 aliphatic heterocycles. The lowest BCUT2D eigenvalue weighted by Gasteiger charge is -2.11. The fraction of sp³-hybridized carbons (Fsp3) is 0.444. The lowest BCUT2D eigenvalue weighted by atomic mass is 10.1. The van der Waals surface area contributed by atoms with Gasteiger partial charge in [0.1, 0.15) is 0 Å². The molecule has 0 saturated carbocycles. The second kappa shape index (κ2) is 11.1. The number of unbranched alkanes of at least 4 members (excludes halogenated alkanes) is 3. The van der Waals surface area contributed by atoms with Gasteiger partial charge in [-0.2, -0.15) is 0 Å². The molecule has 6 nitrogen and oxygen atoms in total. The molecule has 0 radical (unpaired) electrons. The summed E-state index contributed by atoms with van der Waals surface area (Å²) in [6, 6.07) is 5.39. The smallest absolute Gasteiger partial charge is 0.330 e. The molecular weight excluding hydrogens is 312 g/mol. The third kappa shape index (κ3) is 7.67. The van der Waals surface area contributed by atoms with Crippen LogP contribution in [-0.2, 0) is 14.3 Å². The summed E-state index contributed by atoms with van der Waals surface area (Å²) in [7, 11) is 2.89. The van der Waals surface area contributed by atoms with Crippen LogP contribution < -0.4 is 9.47 Å². The van der Waals surface area contributed by atoms with E-state index in [0.29, 0.717) is 24.5 Å². The Bertz CT molecular complexity index is 565. The van der Waals surface area contributed by atoms with Crippen molar-refractivity contribution in [1.82, 2.24) is 0 Å². The summed E-state index contributed by atoms with van der Waals surface area (Å²) in [4.78, 5) is 21.5. The highest BCUT2D eigenvalue weighted by Crippen LogP contribution is 2.28. The Hall–Kier alpha value is -2.50. The molecular formula is C18H24O6. The maximum atomic E-state index is 11.1. The number of hydrogen-bond donors (Lipinski definition) is 1. The van der Waals surface area contributed by atoms with E-state index >= 15 is 0 Å². The maximum Gasteiger partial charge on any atom is 0.330 e. The van der Waals surface area contributed by atoms with Gasteiger partial charge in [0.15, 0.2) is 11.5 Å². The monoisotopic (exact) mass is 336 g/mol. The van der Waals surface area contributed by atoms with Gasteiger partial charge in [-0.15, -0.1) is 0 Å². The van der Waals surface area contributed by atoms with Crippen LogP contribution in [0.15, 0.2) is 24.3 Å². The molecule has 0 aromatic heterocycles. The Morgan fingerprint density at radius 1 is 1.08 bits per heavy atom. The van der Waals surface area contributed by atoms with E-state index < -0.39 is 11.9 Å². The Labute approximate surface area is 142 Å². The van der Waals surface area contributed by atoms with E-state index in [1.165, 1.54) is 13.2 Å². The number of esters is 1. The molecule has 1 rings (SSSR count). The van der Waals surface area contributed by atoms with Crippen LogP contribution in [0.3, 0.4) is 0 Å². The van der Waals surface area contributed by atoms with Crippen molar-refractivity contribution in [2.45, 2.75) is 32.1 Å². The maximum absolute atomic E-state index is 11.1. The lowest BCUT2D eigenvalue weighted by Crippen LogP contribution is -2.00. The van der Waals surface area contributed by atoms with Crippen LogP contribution in [-0.4, -0.2) is 37.9 Å². The molecule has 24 heavy (non-hydrogen) atoms. The molecule has 0 atom stereocenters. The number of carboxylic acid groups (broad SMARTS) is 1. The van der Waals surface area contributed by atoms with Crippen molar-refractivity contribution in [1.29, 1.82) is 0 Å². The van der Waals surface area contributed by atoms with Gasteiger partial charge >= 0.3 is 11.9 Å². The number of carbonyl (C=O) groups excluding carboxylic acids is 1. The fourth-order valence-corrected chi connectivity index (χ4v) is 2.06. The summed E-state index contributed by atoms with van der Waals surface area (Å²) in [6.07, 6.45) is 6.50. The van der Waals surface area contributed by atoms with E-state index in [1.807, 2.05) is 6.07 Å². The van der Waals surface area contributed by atoms with Gasteiger partial charge in [-0.1, -0.05) is 18.9 Å². The first kappa shape index (κ1) is 19.5. The third-order valence-electron chi connectivity index (χ3n) is 3.34. The third-order valence-corrected chi connectivity index (χ3v) is 3.34. The van der Waals surface area contributed by atoms with Crippen LogP contribution in [0.25, 0.3) is 6.08 Å². The van der Waals surface area contributed by atoms with Crippen LogP contribution >= 0.6 is 0 Å². The minimum Gasteiger partial charge on any atom is -0.493 e. The normalized spacial score (nSPS) is 10.6. The molecule has 0 spiro atoms. The molecule has 1 N–H and O–H groups in total. The van der Waals surface area contributed by atoms with Gasteiger partial charge in [0.05, 0.1) is 20.8 Å². The van der Waals surface area contributed by atoms with Crippen molar-refractivity contribution >= 4 is 18.0 Å². The van der Waals surface area contributed by atoms with Gasteiger partial charge < -0.3 is 19.3 Å². The Morgan fingerprint density at radius 2 is 1.83 bits per heavy atom. The fourth-order valence-electron chi connectivity index (χ4n) is 2.06. The number of carboxylic acids is 1. The van der Waals surface area contributed by atoms with Crippen molar-refractivity contribution in [2.75, 3.05) is 20.8 Å². The van der Waals surface area contributed by atoms with E-state index in [1.54, 1.807) is 25.3 Å². The molecule has 1 aromatic carbocycles. The van der Waals surface area contributed by atoms with Gasteiger partial charge in [-0.25, -0.2) is 4.79 Å². The van der Waals surface area contributed by atoms with Crippen LogP contribution in [0.2, 0.25) is 0 Å². The zero-order valence-electron chi connectivity index (χ0n) is 14.1. The van der Waals surface area contributed by atoms with E-state index in [9.17, 15) is 9.59 Å². The second-order valence-corrected chi connectivity index (χ2v) is 5.17. The Morgan fingerprint density at radius 3 is 2.50 bits per heavy atom.